The molecule has 3 aliphatic rings. The number of likely N-dealkylation sites (N-methyl/N-ethyl adjacent to an activating group) is 1. The van der Waals surface area contributed by atoms with Crippen molar-refractivity contribution in [2.24, 2.45) is 0 Å². The van der Waals surface area contributed by atoms with Gasteiger partial charge in [0.2, 0.25) is 0 Å². The lowest BCUT2D eigenvalue weighted by Gasteiger charge is -2.39. The van der Waals surface area contributed by atoms with Gasteiger partial charge < -0.3 is 19.3 Å². The molecule has 0 aliphatic carbocycles. The average molecular weight is 331 g/mol. The molecule has 2 amide bonds. The van der Waals surface area contributed by atoms with E-state index in [1.165, 1.54) is 0 Å². The summed E-state index contributed by atoms with van der Waals surface area (Å²) in [6, 6.07) is 8.33. The van der Waals surface area contributed by atoms with E-state index >= 15 is 0 Å². The second-order valence-electron chi connectivity index (χ2n) is 6.95. The van der Waals surface area contributed by atoms with Gasteiger partial charge in [-0.15, -0.1) is 0 Å². The monoisotopic (exact) mass is 331 g/mol. The summed E-state index contributed by atoms with van der Waals surface area (Å²) < 4.78 is 11.9. The van der Waals surface area contributed by atoms with Crippen LogP contribution in [0.4, 0.5) is 4.79 Å². The Hall–Kier alpha value is -1.95. The number of carbonyl (C=O) groups is 1. The Morgan fingerprint density at radius 3 is 2.79 bits per heavy atom. The molecule has 0 spiro atoms. The molecule has 2 unspecified atom stereocenters. The van der Waals surface area contributed by atoms with Gasteiger partial charge in [0.05, 0.1) is 0 Å². The highest BCUT2D eigenvalue weighted by Crippen LogP contribution is 2.31. The molecule has 1 aromatic carbocycles. The zero-order valence-electron chi connectivity index (χ0n) is 14.2. The lowest BCUT2D eigenvalue weighted by Crippen LogP contribution is -2.52. The Morgan fingerprint density at radius 2 is 2.00 bits per heavy atom. The summed E-state index contributed by atoms with van der Waals surface area (Å²) in [5.74, 6) is 1.66. The maximum atomic E-state index is 12.2. The van der Waals surface area contributed by atoms with Gasteiger partial charge in [-0.3, -0.25) is 4.90 Å². The third-order valence-electron chi connectivity index (χ3n) is 5.20. The molecular formula is C18H25N3O3. The van der Waals surface area contributed by atoms with Crippen LogP contribution in [0.15, 0.2) is 24.3 Å². The van der Waals surface area contributed by atoms with Crippen LogP contribution in [0, 0.1) is 0 Å². The average Bonchev–Trinajstić information content (AvgIpc) is 2.94. The van der Waals surface area contributed by atoms with Crippen LogP contribution in [0.1, 0.15) is 12.8 Å². The summed E-state index contributed by atoms with van der Waals surface area (Å²) in [4.78, 5) is 18.5. The van der Waals surface area contributed by atoms with Crippen LogP contribution in [0.25, 0.3) is 0 Å². The molecule has 0 N–H and O–H groups in total. The first-order chi connectivity index (χ1) is 11.7. The number of ether oxygens (including phenoxy) is 2. The SMILES string of the molecule is CN1CCN(C2CCCN(CC3COc4ccccc4O3)C2)C1=O. The van der Waals surface area contributed by atoms with Gasteiger partial charge in [0, 0.05) is 39.3 Å². The van der Waals surface area contributed by atoms with Crippen molar-refractivity contribution >= 4 is 6.03 Å². The number of benzene rings is 1. The Labute approximate surface area is 142 Å². The van der Waals surface area contributed by atoms with Crippen LogP contribution >= 0.6 is 0 Å². The first-order valence-electron chi connectivity index (χ1n) is 8.83. The number of rotatable bonds is 3. The van der Waals surface area contributed by atoms with E-state index in [4.69, 9.17) is 9.47 Å². The number of urea groups is 1. The molecule has 130 valence electrons. The normalized spacial score (nSPS) is 27.6. The first kappa shape index (κ1) is 15.6. The second kappa shape index (κ2) is 6.51. The van der Waals surface area contributed by atoms with Crippen molar-refractivity contribution in [3.05, 3.63) is 24.3 Å². The van der Waals surface area contributed by atoms with Crippen molar-refractivity contribution in [3.8, 4) is 11.5 Å². The van der Waals surface area contributed by atoms with Gasteiger partial charge in [-0.05, 0) is 31.5 Å². The highest BCUT2D eigenvalue weighted by atomic mass is 16.6. The number of para-hydroxylation sites is 2. The number of hydrogen-bond donors (Lipinski definition) is 0. The summed E-state index contributed by atoms with van der Waals surface area (Å²) >= 11 is 0. The first-order valence-corrected chi connectivity index (χ1v) is 8.83. The van der Waals surface area contributed by atoms with Crippen LogP contribution in [0.3, 0.4) is 0 Å². The number of fused-ring (bicyclic) bond motifs is 1. The topological polar surface area (TPSA) is 45.2 Å². The molecule has 0 radical (unpaired) electrons. The highest BCUT2D eigenvalue weighted by molar-refractivity contribution is 5.76. The summed E-state index contributed by atoms with van der Waals surface area (Å²) in [5, 5.41) is 0. The van der Waals surface area contributed by atoms with Gasteiger partial charge in [0.1, 0.15) is 12.7 Å². The molecular weight excluding hydrogens is 306 g/mol. The van der Waals surface area contributed by atoms with E-state index in [9.17, 15) is 4.79 Å². The van der Waals surface area contributed by atoms with Gasteiger partial charge in [-0.2, -0.15) is 0 Å². The van der Waals surface area contributed by atoms with Crippen LogP contribution < -0.4 is 9.47 Å². The number of amides is 2. The quantitative estimate of drug-likeness (QED) is 0.845. The molecule has 2 fully saturated rings. The van der Waals surface area contributed by atoms with Gasteiger partial charge in [0.15, 0.2) is 11.5 Å². The van der Waals surface area contributed by atoms with Crippen molar-refractivity contribution in [3.63, 3.8) is 0 Å². The summed E-state index contributed by atoms with van der Waals surface area (Å²) in [6.07, 6.45) is 2.28. The van der Waals surface area contributed by atoms with E-state index in [-0.39, 0.29) is 12.1 Å². The van der Waals surface area contributed by atoms with Gasteiger partial charge >= 0.3 is 6.03 Å². The fourth-order valence-corrected chi connectivity index (χ4v) is 3.90. The Balaban J connectivity index is 1.35. The molecule has 2 atom stereocenters. The Morgan fingerprint density at radius 1 is 1.17 bits per heavy atom. The zero-order chi connectivity index (χ0) is 16.5. The second-order valence-corrected chi connectivity index (χ2v) is 6.95. The minimum Gasteiger partial charge on any atom is -0.486 e. The van der Waals surface area contributed by atoms with Crippen molar-refractivity contribution in [1.29, 1.82) is 0 Å². The minimum absolute atomic E-state index is 0.0515. The molecule has 0 aromatic heterocycles. The predicted octanol–water partition coefficient (Wildman–Crippen LogP) is 1.66. The number of nitrogens with zero attached hydrogens (tertiary/aromatic N) is 3. The molecule has 3 aliphatic heterocycles. The third-order valence-corrected chi connectivity index (χ3v) is 5.20. The van der Waals surface area contributed by atoms with Crippen LogP contribution in [-0.4, -0.2) is 79.3 Å². The van der Waals surface area contributed by atoms with E-state index in [0.717, 1.165) is 57.1 Å². The molecule has 1 aromatic rings. The molecule has 6 heteroatoms. The minimum atomic E-state index is 0.0515. The number of likely N-dealkylation sites (tertiary alicyclic amines) is 1. The van der Waals surface area contributed by atoms with E-state index < -0.39 is 0 Å². The van der Waals surface area contributed by atoms with Crippen molar-refractivity contribution in [2.45, 2.75) is 25.0 Å². The third kappa shape index (κ3) is 3.02. The van der Waals surface area contributed by atoms with E-state index in [1.54, 1.807) is 0 Å². The van der Waals surface area contributed by atoms with Crippen molar-refractivity contribution in [2.75, 3.05) is 46.4 Å². The molecule has 3 heterocycles. The summed E-state index contributed by atoms with van der Waals surface area (Å²) in [7, 11) is 1.88. The van der Waals surface area contributed by atoms with Gasteiger partial charge in [0.25, 0.3) is 0 Å². The fraction of sp³-hybridized carbons (Fsp3) is 0.611. The predicted molar refractivity (Wildman–Crippen MR) is 90.5 cm³/mol. The molecule has 0 saturated carbocycles. The standard InChI is InChI=1S/C18H25N3O3/c1-19-9-10-21(18(19)22)14-5-4-8-20(11-14)12-15-13-23-16-6-2-3-7-17(16)24-15/h2-3,6-7,14-15H,4-5,8-13H2,1H3. The largest absolute Gasteiger partial charge is 0.486 e. The lowest BCUT2D eigenvalue weighted by atomic mass is 10.0. The summed E-state index contributed by atoms with van der Waals surface area (Å²) in [6.45, 7) is 5.12. The number of carbonyl (C=O) groups excluding carboxylic acids is 1. The molecule has 4 rings (SSSR count). The Bertz CT molecular complexity index is 609. The summed E-state index contributed by atoms with van der Waals surface area (Å²) in [5.41, 5.74) is 0. The van der Waals surface area contributed by atoms with Crippen molar-refractivity contribution < 1.29 is 14.3 Å². The van der Waals surface area contributed by atoms with Gasteiger partial charge in [-0.1, -0.05) is 12.1 Å². The van der Waals surface area contributed by atoms with Crippen molar-refractivity contribution in [1.82, 2.24) is 14.7 Å². The molecule has 24 heavy (non-hydrogen) atoms. The van der Waals surface area contributed by atoms with Crippen LogP contribution in [0.2, 0.25) is 0 Å². The fourth-order valence-electron chi connectivity index (χ4n) is 3.90. The van der Waals surface area contributed by atoms with Crippen LogP contribution in [0.5, 0.6) is 11.5 Å². The smallest absolute Gasteiger partial charge is 0.320 e. The molecule has 6 nitrogen and oxygen atoms in total. The molecule has 0 bridgehead atoms. The highest BCUT2D eigenvalue weighted by Gasteiger charge is 2.35. The van der Waals surface area contributed by atoms with E-state index in [0.29, 0.717) is 12.6 Å². The zero-order valence-corrected chi connectivity index (χ0v) is 14.2. The van der Waals surface area contributed by atoms with Gasteiger partial charge in [-0.25, -0.2) is 4.79 Å². The lowest BCUT2D eigenvalue weighted by molar-refractivity contribution is 0.0401. The molecule has 2 saturated heterocycles. The van der Waals surface area contributed by atoms with Crippen LogP contribution in [-0.2, 0) is 0 Å². The van der Waals surface area contributed by atoms with E-state index in [2.05, 4.69) is 4.90 Å². The number of piperidine rings is 1. The maximum Gasteiger partial charge on any atom is 0.320 e. The maximum absolute atomic E-state index is 12.2. The number of hydrogen-bond acceptors (Lipinski definition) is 4. The van der Waals surface area contributed by atoms with E-state index in [1.807, 2.05) is 41.1 Å². The Kier molecular flexibility index (Phi) is 4.22.